The molecular weight excluding hydrogens is 284 g/mol. The Morgan fingerprint density at radius 3 is 2.89 bits per heavy atom. The molecular formula is C13H13ClN2O2S. The first kappa shape index (κ1) is 13.8. The molecule has 0 aliphatic rings. The molecule has 6 heteroatoms. The van der Waals surface area contributed by atoms with Gasteiger partial charge in [0.1, 0.15) is 6.54 Å². The highest BCUT2D eigenvalue weighted by Gasteiger charge is 2.14. The number of nitrogens with zero attached hydrogens (tertiary/aromatic N) is 2. The van der Waals surface area contributed by atoms with Gasteiger partial charge in [0.25, 0.3) is 0 Å². The summed E-state index contributed by atoms with van der Waals surface area (Å²) in [5, 5.41) is 9.62. The summed E-state index contributed by atoms with van der Waals surface area (Å²) in [4.78, 5) is 18.0. The van der Waals surface area contributed by atoms with Crippen molar-refractivity contribution in [2.24, 2.45) is 0 Å². The van der Waals surface area contributed by atoms with Gasteiger partial charge in [0, 0.05) is 15.6 Å². The Balaban J connectivity index is 2.26. The van der Waals surface area contributed by atoms with E-state index in [0.29, 0.717) is 11.6 Å². The smallest absolute Gasteiger partial charge is 0.323 e. The highest BCUT2D eigenvalue weighted by Crippen LogP contribution is 2.23. The molecule has 100 valence electrons. The van der Waals surface area contributed by atoms with Crippen molar-refractivity contribution in [3.63, 3.8) is 0 Å². The lowest BCUT2D eigenvalue weighted by Crippen LogP contribution is -2.29. The van der Waals surface area contributed by atoms with Gasteiger partial charge in [-0.15, -0.1) is 11.3 Å². The van der Waals surface area contributed by atoms with E-state index in [1.807, 2.05) is 19.1 Å². The number of carboxylic acid groups (broad SMARTS) is 1. The lowest BCUT2D eigenvalue weighted by atomic mass is 10.2. The third kappa shape index (κ3) is 3.68. The number of aliphatic carboxylic acids is 1. The zero-order valence-corrected chi connectivity index (χ0v) is 11.9. The zero-order valence-electron chi connectivity index (χ0n) is 10.3. The Kier molecular flexibility index (Phi) is 4.39. The van der Waals surface area contributed by atoms with Crippen molar-refractivity contribution in [1.29, 1.82) is 0 Å². The van der Waals surface area contributed by atoms with Gasteiger partial charge in [-0.25, -0.2) is 4.98 Å². The maximum atomic E-state index is 11.0. The maximum absolute atomic E-state index is 11.0. The average Bonchev–Trinajstić information content (AvgIpc) is 2.74. The molecule has 0 saturated carbocycles. The molecule has 4 nitrogen and oxygen atoms in total. The second-order valence-electron chi connectivity index (χ2n) is 4.09. The average molecular weight is 297 g/mol. The summed E-state index contributed by atoms with van der Waals surface area (Å²) in [6.45, 7) is 2.36. The molecule has 0 bridgehead atoms. The van der Waals surface area contributed by atoms with Crippen molar-refractivity contribution < 1.29 is 9.90 Å². The molecule has 0 fully saturated rings. The Morgan fingerprint density at radius 2 is 2.32 bits per heavy atom. The minimum Gasteiger partial charge on any atom is -0.480 e. The minimum absolute atomic E-state index is 0.0717. The number of carbonyl (C=O) groups is 1. The minimum atomic E-state index is -0.873. The number of carboxylic acids is 1. The molecule has 0 spiro atoms. The fourth-order valence-electron chi connectivity index (χ4n) is 1.73. The maximum Gasteiger partial charge on any atom is 0.323 e. The van der Waals surface area contributed by atoms with Crippen LogP contribution in [0.4, 0.5) is 5.69 Å². The van der Waals surface area contributed by atoms with Crippen molar-refractivity contribution in [2.45, 2.75) is 13.5 Å². The quantitative estimate of drug-likeness (QED) is 0.920. The summed E-state index contributed by atoms with van der Waals surface area (Å²) in [6, 6.07) is 7.19. The van der Waals surface area contributed by atoms with Crippen LogP contribution in [-0.2, 0) is 11.3 Å². The number of anilines is 1. The van der Waals surface area contributed by atoms with E-state index in [0.717, 1.165) is 16.3 Å². The van der Waals surface area contributed by atoms with Crippen molar-refractivity contribution in [3.05, 3.63) is 45.4 Å². The second-order valence-corrected chi connectivity index (χ2v) is 5.47. The summed E-state index contributed by atoms with van der Waals surface area (Å²) in [5.41, 5.74) is 3.49. The van der Waals surface area contributed by atoms with E-state index >= 15 is 0 Å². The summed E-state index contributed by atoms with van der Waals surface area (Å²) >= 11 is 7.48. The van der Waals surface area contributed by atoms with Gasteiger partial charge < -0.3 is 10.0 Å². The lowest BCUT2D eigenvalue weighted by molar-refractivity contribution is -0.135. The number of hydrogen-bond acceptors (Lipinski definition) is 4. The van der Waals surface area contributed by atoms with Crippen LogP contribution in [0.3, 0.4) is 0 Å². The van der Waals surface area contributed by atoms with Crippen LogP contribution < -0.4 is 4.90 Å². The van der Waals surface area contributed by atoms with Crippen molar-refractivity contribution in [3.8, 4) is 0 Å². The molecule has 0 amide bonds. The monoisotopic (exact) mass is 296 g/mol. The van der Waals surface area contributed by atoms with Crippen LogP contribution in [0.2, 0.25) is 5.02 Å². The number of benzene rings is 1. The van der Waals surface area contributed by atoms with E-state index in [9.17, 15) is 4.79 Å². The van der Waals surface area contributed by atoms with Crippen LogP contribution in [0.15, 0.2) is 29.8 Å². The van der Waals surface area contributed by atoms with E-state index < -0.39 is 5.97 Å². The van der Waals surface area contributed by atoms with E-state index in [2.05, 4.69) is 4.98 Å². The van der Waals surface area contributed by atoms with Crippen LogP contribution in [-0.4, -0.2) is 22.6 Å². The predicted octanol–water partition coefficient (Wildman–Crippen LogP) is 3.20. The normalized spacial score (nSPS) is 10.4. The van der Waals surface area contributed by atoms with Crippen LogP contribution in [0.1, 0.15) is 10.6 Å². The van der Waals surface area contributed by atoms with Gasteiger partial charge in [-0.2, -0.15) is 0 Å². The highest BCUT2D eigenvalue weighted by atomic mass is 35.5. The molecule has 1 N–H and O–H groups in total. The molecule has 0 atom stereocenters. The molecule has 0 unspecified atom stereocenters. The molecule has 1 aromatic heterocycles. The first-order valence-electron chi connectivity index (χ1n) is 5.67. The standard InChI is InChI=1S/C13H13ClN2O2S/c1-9-12(19-8-15-9)6-16(7-13(17)18)11-4-2-3-10(14)5-11/h2-5,8H,6-7H2,1H3,(H,17,18). The third-order valence-corrected chi connectivity index (χ3v) is 3.83. The number of aryl methyl sites for hydroxylation is 1. The van der Waals surface area contributed by atoms with Gasteiger partial charge in [0.15, 0.2) is 0 Å². The molecule has 0 radical (unpaired) electrons. The highest BCUT2D eigenvalue weighted by molar-refractivity contribution is 7.09. The molecule has 0 saturated heterocycles. The number of rotatable bonds is 5. The SMILES string of the molecule is Cc1ncsc1CN(CC(=O)O)c1cccc(Cl)c1. The van der Waals surface area contributed by atoms with Crippen molar-refractivity contribution in [1.82, 2.24) is 4.98 Å². The van der Waals surface area contributed by atoms with Gasteiger partial charge in [0.05, 0.1) is 17.7 Å². The number of thiazole rings is 1. The third-order valence-electron chi connectivity index (χ3n) is 2.68. The molecule has 0 aliphatic heterocycles. The summed E-state index contributed by atoms with van der Waals surface area (Å²) < 4.78 is 0. The van der Waals surface area contributed by atoms with Gasteiger partial charge in [-0.05, 0) is 25.1 Å². The largest absolute Gasteiger partial charge is 0.480 e. The molecule has 1 heterocycles. The summed E-state index contributed by atoms with van der Waals surface area (Å²) in [6.07, 6.45) is 0. The fourth-order valence-corrected chi connectivity index (χ4v) is 2.70. The predicted molar refractivity (Wildman–Crippen MR) is 77.0 cm³/mol. The number of halogens is 1. The molecule has 19 heavy (non-hydrogen) atoms. The lowest BCUT2D eigenvalue weighted by Gasteiger charge is -2.22. The molecule has 2 aromatic rings. The second kappa shape index (κ2) is 6.04. The zero-order chi connectivity index (χ0) is 13.8. The van der Waals surface area contributed by atoms with Gasteiger partial charge in [0.2, 0.25) is 0 Å². The van der Waals surface area contributed by atoms with E-state index in [1.165, 1.54) is 11.3 Å². The van der Waals surface area contributed by atoms with Gasteiger partial charge in [-0.3, -0.25) is 4.79 Å². The van der Waals surface area contributed by atoms with Crippen molar-refractivity contribution in [2.75, 3.05) is 11.4 Å². The fraction of sp³-hybridized carbons (Fsp3) is 0.231. The molecule has 1 aromatic carbocycles. The van der Waals surface area contributed by atoms with Gasteiger partial charge in [-0.1, -0.05) is 17.7 Å². The summed E-state index contributed by atoms with van der Waals surface area (Å²) in [7, 11) is 0. The number of hydrogen-bond donors (Lipinski definition) is 1. The van der Waals surface area contributed by atoms with Crippen LogP contribution in [0.25, 0.3) is 0 Å². The van der Waals surface area contributed by atoms with Crippen molar-refractivity contribution >= 4 is 34.6 Å². The van der Waals surface area contributed by atoms with Crippen LogP contribution in [0.5, 0.6) is 0 Å². The van der Waals surface area contributed by atoms with Gasteiger partial charge >= 0.3 is 5.97 Å². The topological polar surface area (TPSA) is 53.4 Å². The Labute approximate surface area is 120 Å². The molecule has 0 aliphatic carbocycles. The van der Waals surface area contributed by atoms with E-state index in [1.54, 1.807) is 22.5 Å². The number of aromatic nitrogens is 1. The van der Waals surface area contributed by atoms with Crippen LogP contribution in [0, 0.1) is 6.92 Å². The Bertz CT molecular complexity index is 586. The Morgan fingerprint density at radius 1 is 1.53 bits per heavy atom. The van der Waals surface area contributed by atoms with E-state index in [4.69, 9.17) is 16.7 Å². The first-order chi connectivity index (χ1) is 9.06. The van der Waals surface area contributed by atoms with E-state index in [-0.39, 0.29) is 6.54 Å². The molecule has 2 rings (SSSR count). The first-order valence-corrected chi connectivity index (χ1v) is 6.93. The summed E-state index contributed by atoms with van der Waals surface area (Å²) in [5.74, 6) is -0.873. The van der Waals surface area contributed by atoms with Crippen LogP contribution >= 0.6 is 22.9 Å². The Hall–Kier alpha value is -1.59.